The van der Waals surface area contributed by atoms with Gasteiger partial charge in [-0.15, -0.1) is 0 Å². The second-order valence-corrected chi connectivity index (χ2v) is 3.95. The molecule has 1 heterocycles. The first-order chi connectivity index (χ1) is 8.59. The fraction of sp³-hybridized carbons (Fsp3) is 0.308. The summed E-state index contributed by atoms with van der Waals surface area (Å²) in [5.74, 6) is -0.711. The molecule has 5 heteroatoms. The normalized spacial score (nSPS) is 17.2. The van der Waals surface area contributed by atoms with E-state index < -0.39 is 25.0 Å². The highest BCUT2D eigenvalue weighted by Gasteiger charge is 2.31. The highest BCUT2D eigenvalue weighted by atomic mass is 19.3. The number of carbonyl (C=O) groups excluding carboxylic acids is 1. The molecule has 2 nitrogen and oxygen atoms in total. The van der Waals surface area contributed by atoms with Crippen LogP contribution in [0, 0.1) is 0 Å². The Morgan fingerprint density at radius 1 is 1.17 bits per heavy atom. The van der Waals surface area contributed by atoms with Gasteiger partial charge in [0.15, 0.2) is 6.17 Å². The van der Waals surface area contributed by atoms with Gasteiger partial charge in [-0.1, -0.05) is 30.3 Å². The van der Waals surface area contributed by atoms with Crippen molar-refractivity contribution in [1.29, 1.82) is 0 Å². The van der Waals surface area contributed by atoms with Gasteiger partial charge < -0.3 is 4.74 Å². The van der Waals surface area contributed by atoms with Gasteiger partial charge in [0.25, 0.3) is 6.43 Å². The van der Waals surface area contributed by atoms with Crippen molar-refractivity contribution in [3.05, 3.63) is 41.5 Å². The van der Waals surface area contributed by atoms with Crippen LogP contribution >= 0.6 is 0 Å². The van der Waals surface area contributed by atoms with Crippen LogP contribution in [0.1, 0.15) is 12.0 Å². The first kappa shape index (κ1) is 12.7. The summed E-state index contributed by atoms with van der Waals surface area (Å²) in [6.07, 6.45) is -6.05. The molecular weight excluding hydrogens is 245 g/mol. The van der Waals surface area contributed by atoms with Crippen molar-refractivity contribution in [2.24, 2.45) is 0 Å². The van der Waals surface area contributed by atoms with Gasteiger partial charge in [0.05, 0.1) is 0 Å². The zero-order chi connectivity index (χ0) is 13.1. The molecule has 0 aromatic heterocycles. The summed E-state index contributed by atoms with van der Waals surface area (Å²) < 4.78 is 42.2. The molecule has 18 heavy (non-hydrogen) atoms. The lowest BCUT2D eigenvalue weighted by atomic mass is 9.98. The number of esters is 1. The predicted octanol–water partition coefficient (Wildman–Crippen LogP) is 2.99. The van der Waals surface area contributed by atoms with Gasteiger partial charge in [0, 0.05) is 17.6 Å². The third kappa shape index (κ3) is 2.55. The average molecular weight is 256 g/mol. The van der Waals surface area contributed by atoms with E-state index in [1.54, 1.807) is 30.3 Å². The first-order valence-electron chi connectivity index (χ1n) is 5.46. The maximum Gasteiger partial charge on any atom is 0.334 e. The minimum Gasteiger partial charge on any atom is -0.457 e. The zero-order valence-electron chi connectivity index (χ0n) is 9.41. The second-order valence-electron chi connectivity index (χ2n) is 3.95. The molecule has 1 atom stereocenters. The molecule has 2 rings (SSSR count). The van der Waals surface area contributed by atoms with E-state index in [9.17, 15) is 18.0 Å². The van der Waals surface area contributed by atoms with E-state index in [2.05, 4.69) is 0 Å². The van der Waals surface area contributed by atoms with Gasteiger partial charge >= 0.3 is 5.97 Å². The summed E-state index contributed by atoms with van der Waals surface area (Å²) >= 11 is 0. The molecular formula is C13H11F3O2. The van der Waals surface area contributed by atoms with Crippen LogP contribution in [0.15, 0.2) is 35.9 Å². The molecule has 1 aliphatic rings. The molecule has 0 saturated carbocycles. The fourth-order valence-corrected chi connectivity index (χ4v) is 1.82. The molecule has 0 aliphatic carbocycles. The van der Waals surface area contributed by atoms with Crippen LogP contribution in [-0.4, -0.2) is 25.2 Å². The van der Waals surface area contributed by atoms with Crippen LogP contribution in [0.25, 0.3) is 5.57 Å². The van der Waals surface area contributed by atoms with Crippen LogP contribution < -0.4 is 0 Å². The Morgan fingerprint density at radius 2 is 1.83 bits per heavy atom. The molecule has 1 unspecified atom stereocenters. The molecule has 1 aliphatic heterocycles. The molecule has 0 bridgehead atoms. The van der Waals surface area contributed by atoms with Crippen molar-refractivity contribution >= 4 is 11.5 Å². The topological polar surface area (TPSA) is 26.3 Å². The molecule has 0 fully saturated rings. The third-order valence-corrected chi connectivity index (χ3v) is 2.75. The highest BCUT2D eigenvalue weighted by molar-refractivity contribution is 6.01. The molecule has 0 saturated heterocycles. The van der Waals surface area contributed by atoms with Crippen LogP contribution in [0.2, 0.25) is 0 Å². The quantitative estimate of drug-likeness (QED) is 0.774. The van der Waals surface area contributed by atoms with Crippen LogP contribution in [0.5, 0.6) is 0 Å². The Hall–Kier alpha value is -1.78. The number of rotatable bonds is 4. The predicted molar refractivity (Wildman–Crippen MR) is 59.8 cm³/mol. The molecule has 0 N–H and O–H groups in total. The van der Waals surface area contributed by atoms with Gasteiger partial charge in [-0.3, -0.25) is 0 Å². The van der Waals surface area contributed by atoms with Gasteiger partial charge in [-0.25, -0.2) is 18.0 Å². The minimum atomic E-state index is -3.09. The summed E-state index contributed by atoms with van der Waals surface area (Å²) in [6.45, 7) is 0.00807. The van der Waals surface area contributed by atoms with Crippen molar-refractivity contribution in [2.45, 2.75) is 19.0 Å². The maximum atomic E-state index is 13.0. The standard InChI is InChI=1S/C13H11F3O2/c14-11(12(15)16)6-9-10(7-18-13(9)17)8-4-2-1-3-5-8/h1-5,11-12H,6-7H2. The van der Waals surface area contributed by atoms with Crippen molar-refractivity contribution in [1.82, 2.24) is 0 Å². The SMILES string of the molecule is O=C1OCC(c2ccccc2)=C1CC(F)C(F)F. The monoisotopic (exact) mass is 256 g/mol. The van der Waals surface area contributed by atoms with E-state index in [4.69, 9.17) is 4.74 Å². The number of alkyl halides is 3. The van der Waals surface area contributed by atoms with Crippen LogP contribution in [0.3, 0.4) is 0 Å². The molecule has 0 spiro atoms. The summed E-state index contributed by atoms with van der Waals surface area (Å²) in [5, 5.41) is 0. The summed E-state index contributed by atoms with van der Waals surface area (Å²) in [4.78, 5) is 11.4. The van der Waals surface area contributed by atoms with Gasteiger partial charge in [-0.05, 0) is 5.56 Å². The highest BCUT2D eigenvalue weighted by Crippen LogP contribution is 2.30. The van der Waals surface area contributed by atoms with Gasteiger partial charge in [0.1, 0.15) is 6.61 Å². The molecule has 96 valence electrons. The fourth-order valence-electron chi connectivity index (χ4n) is 1.82. The first-order valence-corrected chi connectivity index (χ1v) is 5.46. The number of cyclic esters (lactones) is 1. The zero-order valence-corrected chi connectivity index (χ0v) is 9.41. The summed E-state index contributed by atoms with van der Waals surface area (Å²) in [7, 11) is 0. The molecule has 0 radical (unpaired) electrons. The molecule has 0 amide bonds. The summed E-state index contributed by atoms with van der Waals surface area (Å²) in [6, 6.07) is 8.75. The number of hydrogen-bond acceptors (Lipinski definition) is 2. The number of hydrogen-bond donors (Lipinski definition) is 0. The smallest absolute Gasteiger partial charge is 0.334 e. The van der Waals surface area contributed by atoms with E-state index >= 15 is 0 Å². The van der Waals surface area contributed by atoms with Crippen molar-refractivity contribution in [3.8, 4) is 0 Å². The maximum absolute atomic E-state index is 13.0. The third-order valence-electron chi connectivity index (χ3n) is 2.75. The number of ether oxygens (including phenoxy) is 1. The van der Waals surface area contributed by atoms with Gasteiger partial charge in [-0.2, -0.15) is 0 Å². The lowest BCUT2D eigenvalue weighted by Gasteiger charge is -2.07. The Kier molecular flexibility index (Phi) is 3.69. The number of carbonyl (C=O) groups is 1. The van der Waals surface area contributed by atoms with Crippen molar-refractivity contribution in [3.63, 3.8) is 0 Å². The molecule has 1 aromatic rings. The lowest BCUT2D eigenvalue weighted by molar-refractivity contribution is -0.136. The van der Waals surface area contributed by atoms with E-state index in [1.165, 1.54) is 0 Å². The molecule has 1 aromatic carbocycles. The van der Waals surface area contributed by atoms with Crippen LogP contribution in [0.4, 0.5) is 13.2 Å². The Labute approximate surface area is 102 Å². The van der Waals surface area contributed by atoms with E-state index in [1.807, 2.05) is 0 Å². The number of halogens is 3. The van der Waals surface area contributed by atoms with Gasteiger partial charge in [0.2, 0.25) is 0 Å². The minimum absolute atomic E-state index is 0.00807. The summed E-state index contributed by atoms with van der Waals surface area (Å²) in [5.41, 5.74) is 1.19. The lowest BCUT2D eigenvalue weighted by Crippen LogP contribution is -2.15. The Bertz CT molecular complexity index is 468. The Morgan fingerprint density at radius 3 is 2.44 bits per heavy atom. The van der Waals surface area contributed by atoms with E-state index in [0.717, 1.165) is 0 Å². The van der Waals surface area contributed by atoms with E-state index in [0.29, 0.717) is 11.1 Å². The van der Waals surface area contributed by atoms with Crippen molar-refractivity contribution < 1.29 is 22.7 Å². The van der Waals surface area contributed by atoms with E-state index in [-0.39, 0.29) is 12.2 Å². The number of benzene rings is 1. The van der Waals surface area contributed by atoms with Crippen LogP contribution in [-0.2, 0) is 9.53 Å². The largest absolute Gasteiger partial charge is 0.457 e. The van der Waals surface area contributed by atoms with Crippen molar-refractivity contribution in [2.75, 3.05) is 6.61 Å². The average Bonchev–Trinajstić information content (AvgIpc) is 2.72. The Balaban J connectivity index is 2.30. The second kappa shape index (κ2) is 5.25.